The predicted octanol–water partition coefficient (Wildman–Crippen LogP) is 3.83. The molecule has 5 rings (SSSR count). The topological polar surface area (TPSA) is 114 Å². The number of aromatic amines is 1. The fourth-order valence-corrected chi connectivity index (χ4v) is 3.39. The van der Waals surface area contributed by atoms with Crippen molar-refractivity contribution in [2.24, 2.45) is 0 Å². The molecule has 152 valence electrons. The monoisotopic (exact) mass is 415 g/mol. The van der Waals surface area contributed by atoms with Crippen LogP contribution in [0, 0.1) is 12.7 Å². The maximum absolute atomic E-state index is 13.3. The first kappa shape index (κ1) is 18.6. The van der Waals surface area contributed by atoms with E-state index in [2.05, 4.69) is 25.4 Å². The Labute approximate surface area is 173 Å². The van der Waals surface area contributed by atoms with Gasteiger partial charge in [-0.1, -0.05) is 5.16 Å². The van der Waals surface area contributed by atoms with Gasteiger partial charge in [0.15, 0.2) is 0 Å². The predicted molar refractivity (Wildman–Crippen MR) is 112 cm³/mol. The number of benzene rings is 2. The normalized spacial score (nSPS) is 11.2. The Hall–Kier alpha value is -4.40. The summed E-state index contributed by atoms with van der Waals surface area (Å²) in [7, 11) is 0. The number of H-pyrrole nitrogens is 1. The molecule has 9 heteroatoms. The van der Waals surface area contributed by atoms with Crippen molar-refractivity contribution in [1.29, 1.82) is 0 Å². The summed E-state index contributed by atoms with van der Waals surface area (Å²) >= 11 is 0. The number of aromatic nitrogens is 4. The van der Waals surface area contributed by atoms with Gasteiger partial charge in [-0.2, -0.15) is 0 Å². The molecule has 0 spiro atoms. The minimum absolute atomic E-state index is 0.198. The van der Waals surface area contributed by atoms with E-state index >= 15 is 0 Å². The summed E-state index contributed by atoms with van der Waals surface area (Å²) in [5.74, 6) is -0.805. The number of pyridine rings is 1. The molecule has 8 nitrogen and oxygen atoms in total. The van der Waals surface area contributed by atoms with Gasteiger partial charge in [-0.05, 0) is 55.5 Å². The van der Waals surface area contributed by atoms with Gasteiger partial charge in [-0.3, -0.25) is 9.59 Å². The van der Waals surface area contributed by atoms with Crippen LogP contribution in [0.5, 0.6) is 0 Å². The maximum Gasteiger partial charge on any atom is 0.259 e. The molecule has 0 bridgehead atoms. The highest BCUT2D eigenvalue weighted by atomic mass is 19.1. The highest BCUT2D eigenvalue weighted by Gasteiger charge is 2.20. The molecule has 31 heavy (non-hydrogen) atoms. The number of aryl methyl sites for hydroxylation is 1. The van der Waals surface area contributed by atoms with Gasteiger partial charge in [0.25, 0.3) is 17.2 Å². The molecule has 0 radical (unpaired) electrons. The Kier molecular flexibility index (Phi) is 4.28. The van der Waals surface area contributed by atoms with Crippen molar-refractivity contribution in [2.45, 2.75) is 6.92 Å². The molecule has 5 aromatic rings. The van der Waals surface area contributed by atoms with Crippen LogP contribution < -0.4 is 10.9 Å². The zero-order valence-electron chi connectivity index (χ0n) is 16.1. The summed E-state index contributed by atoms with van der Waals surface area (Å²) < 4.78 is 18.6. The van der Waals surface area contributed by atoms with Crippen molar-refractivity contribution in [1.82, 2.24) is 20.1 Å². The van der Waals surface area contributed by atoms with Gasteiger partial charge >= 0.3 is 0 Å². The second-order valence-corrected chi connectivity index (χ2v) is 6.93. The number of amides is 1. The molecule has 0 unspecified atom stereocenters. The molecule has 3 heterocycles. The van der Waals surface area contributed by atoms with E-state index < -0.39 is 5.91 Å². The number of carbonyl (C=O) groups is 1. The first-order valence-electron chi connectivity index (χ1n) is 9.31. The molecule has 0 saturated heterocycles. The van der Waals surface area contributed by atoms with Crippen LogP contribution in [-0.4, -0.2) is 26.0 Å². The van der Waals surface area contributed by atoms with Crippen molar-refractivity contribution in [3.8, 4) is 11.3 Å². The van der Waals surface area contributed by atoms with Crippen molar-refractivity contribution in [2.75, 3.05) is 5.32 Å². The molecule has 0 aliphatic rings. The second-order valence-electron chi connectivity index (χ2n) is 6.93. The van der Waals surface area contributed by atoms with E-state index in [-0.39, 0.29) is 17.1 Å². The Balaban J connectivity index is 1.59. The third-order valence-corrected chi connectivity index (χ3v) is 4.90. The number of fused-ring (bicyclic) bond motifs is 2. The second kappa shape index (κ2) is 7.13. The summed E-state index contributed by atoms with van der Waals surface area (Å²) in [5, 5.41) is 7.54. The molecule has 0 atom stereocenters. The highest BCUT2D eigenvalue weighted by molar-refractivity contribution is 6.13. The zero-order chi connectivity index (χ0) is 21.5. The minimum atomic E-state index is -0.429. The minimum Gasteiger partial charge on any atom is -0.335 e. The van der Waals surface area contributed by atoms with E-state index in [0.717, 1.165) is 0 Å². The lowest BCUT2D eigenvalue weighted by Crippen LogP contribution is -2.14. The Morgan fingerprint density at radius 1 is 1.13 bits per heavy atom. The van der Waals surface area contributed by atoms with Gasteiger partial charge in [-0.25, -0.2) is 14.4 Å². The van der Waals surface area contributed by atoms with E-state index in [4.69, 9.17) is 4.52 Å². The molecular weight excluding hydrogens is 401 g/mol. The van der Waals surface area contributed by atoms with Crippen LogP contribution in [0.25, 0.3) is 33.3 Å². The SMILES string of the molecule is Cc1noc2nc(-c3ccc(F)cc3)cc(C(=O)Nc3ccc4nc[nH]c(=O)c4c3)c12. The third kappa shape index (κ3) is 3.31. The summed E-state index contributed by atoms with van der Waals surface area (Å²) in [6.45, 7) is 1.71. The summed E-state index contributed by atoms with van der Waals surface area (Å²) in [6, 6.07) is 12.2. The standard InChI is InChI=1S/C22H14FN5O3/c1-11-19-16(9-18(27-22(19)31-28-11)12-2-4-13(23)5-3-12)21(30)26-14-6-7-17-15(8-14)20(29)25-10-24-17/h2-10H,1H3,(H,26,30)(H,24,25,29). The lowest BCUT2D eigenvalue weighted by molar-refractivity contribution is 0.102. The van der Waals surface area contributed by atoms with Crippen molar-refractivity contribution in [3.05, 3.63) is 82.3 Å². The lowest BCUT2D eigenvalue weighted by Gasteiger charge is -2.09. The third-order valence-electron chi connectivity index (χ3n) is 4.90. The van der Waals surface area contributed by atoms with Gasteiger partial charge in [0.1, 0.15) is 5.82 Å². The van der Waals surface area contributed by atoms with Gasteiger partial charge in [0.05, 0.1) is 39.6 Å². The van der Waals surface area contributed by atoms with Crippen LogP contribution in [-0.2, 0) is 0 Å². The molecule has 0 aliphatic heterocycles. The first-order chi connectivity index (χ1) is 15.0. The molecule has 3 aromatic heterocycles. The number of hydrogen-bond donors (Lipinski definition) is 2. The van der Waals surface area contributed by atoms with Gasteiger partial charge in [0, 0.05) is 11.3 Å². The number of carbonyl (C=O) groups excluding carboxylic acids is 1. The van der Waals surface area contributed by atoms with E-state index in [1.54, 1.807) is 43.3 Å². The molecule has 2 aromatic carbocycles. The van der Waals surface area contributed by atoms with Crippen molar-refractivity contribution < 1.29 is 13.7 Å². The quantitative estimate of drug-likeness (QED) is 0.463. The fraction of sp³-hybridized carbons (Fsp3) is 0.0455. The highest BCUT2D eigenvalue weighted by Crippen LogP contribution is 2.28. The summed E-state index contributed by atoms with van der Waals surface area (Å²) in [5.41, 5.74) is 2.70. The van der Waals surface area contributed by atoms with Gasteiger partial charge in [-0.15, -0.1) is 0 Å². The van der Waals surface area contributed by atoms with E-state index in [1.807, 2.05) is 0 Å². The van der Waals surface area contributed by atoms with Gasteiger partial charge < -0.3 is 14.8 Å². The van der Waals surface area contributed by atoms with Gasteiger partial charge in [0.2, 0.25) is 0 Å². The average Bonchev–Trinajstić information content (AvgIpc) is 3.15. The van der Waals surface area contributed by atoms with Crippen LogP contribution in [0.3, 0.4) is 0 Å². The van der Waals surface area contributed by atoms with E-state index in [0.29, 0.717) is 44.5 Å². The van der Waals surface area contributed by atoms with E-state index in [1.165, 1.54) is 18.5 Å². The zero-order valence-corrected chi connectivity index (χ0v) is 16.1. The Morgan fingerprint density at radius 2 is 1.94 bits per heavy atom. The molecule has 0 aliphatic carbocycles. The van der Waals surface area contributed by atoms with E-state index in [9.17, 15) is 14.0 Å². The largest absolute Gasteiger partial charge is 0.335 e. The Bertz CT molecular complexity index is 1520. The molecule has 0 fully saturated rings. The first-order valence-corrected chi connectivity index (χ1v) is 9.31. The number of nitrogens with one attached hydrogen (secondary N) is 2. The number of halogens is 1. The average molecular weight is 415 g/mol. The van der Waals surface area contributed by atoms with Crippen molar-refractivity contribution >= 4 is 33.6 Å². The number of rotatable bonds is 3. The summed E-state index contributed by atoms with van der Waals surface area (Å²) in [6.07, 6.45) is 1.32. The molecule has 1 amide bonds. The molecular formula is C22H14FN5O3. The fourth-order valence-electron chi connectivity index (χ4n) is 3.39. The van der Waals surface area contributed by atoms with Crippen LogP contribution >= 0.6 is 0 Å². The number of hydrogen-bond acceptors (Lipinski definition) is 6. The lowest BCUT2D eigenvalue weighted by atomic mass is 10.0. The molecule has 0 saturated carbocycles. The Morgan fingerprint density at radius 3 is 2.74 bits per heavy atom. The van der Waals surface area contributed by atoms with Crippen LogP contribution in [0.2, 0.25) is 0 Å². The maximum atomic E-state index is 13.3. The van der Waals surface area contributed by atoms with Crippen LogP contribution in [0.15, 0.2) is 64.2 Å². The van der Waals surface area contributed by atoms with Crippen LogP contribution in [0.4, 0.5) is 10.1 Å². The summed E-state index contributed by atoms with van der Waals surface area (Å²) in [4.78, 5) is 36.2. The number of anilines is 1. The molecule has 2 N–H and O–H groups in total. The van der Waals surface area contributed by atoms with Crippen LogP contribution in [0.1, 0.15) is 16.1 Å². The smallest absolute Gasteiger partial charge is 0.259 e. The number of nitrogens with zero attached hydrogens (tertiary/aromatic N) is 3. The van der Waals surface area contributed by atoms with Crippen molar-refractivity contribution in [3.63, 3.8) is 0 Å².